The second-order valence-electron chi connectivity index (χ2n) is 2.23. The third kappa shape index (κ3) is 4.58. The van der Waals surface area contributed by atoms with Crippen LogP contribution in [0.15, 0.2) is 30.3 Å². The first-order valence-corrected chi connectivity index (χ1v) is 4.89. The summed E-state index contributed by atoms with van der Waals surface area (Å²) in [6.07, 6.45) is 0. The predicted octanol–water partition coefficient (Wildman–Crippen LogP) is 1.73. The van der Waals surface area contributed by atoms with Crippen LogP contribution < -0.4 is 4.74 Å². The topological polar surface area (TPSA) is 55.8 Å². The molecule has 0 aliphatic rings. The Morgan fingerprint density at radius 2 is 1.92 bits per heavy atom. The number of para-hydroxylation sites is 1. The van der Waals surface area contributed by atoms with Crippen molar-refractivity contribution in [3.63, 3.8) is 0 Å². The van der Waals surface area contributed by atoms with Crippen molar-refractivity contribution in [2.45, 2.75) is 0 Å². The van der Waals surface area contributed by atoms with Gasteiger partial charge in [-0.1, -0.05) is 18.2 Å². The SMILES string of the molecule is O=[P+](O)OCCOc1ccccc1. The molecule has 0 aliphatic heterocycles. The first kappa shape index (κ1) is 10.1. The van der Waals surface area contributed by atoms with Gasteiger partial charge in [0.1, 0.15) is 19.0 Å². The zero-order valence-electron chi connectivity index (χ0n) is 6.92. The minimum atomic E-state index is -2.51. The van der Waals surface area contributed by atoms with Gasteiger partial charge < -0.3 is 4.74 Å². The highest BCUT2D eigenvalue weighted by molar-refractivity contribution is 7.32. The summed E-state index contributed by atoms with van der Waals surface area (Å²) in [6.45, 7) is 0.381. The van der Waals surface area contributed by atoms with Gasteiger partial charge in [-0.15, -0.1) is 9.42 Å². The lowest BCUT2D eigenvalue weighted by molar-refractivity contribution is 0.207. The lowest BCUT2D eigenvalue weighted by Gasteiger charge is -2.01. The molecule has 0 fully saturated rings. The van der Waals surface area contributed by atoms with Gasteiger partial charge in [-0.25, -0.2) is 0 Å². The summed E-state index contributed by atoms with van der Waals surface area (Å²) >= 11 is 0. The van der Waals surface area contributed by atoms with Gasteiger partial charge in [0, 0.05) is 4.57 Å². The van der Waals surface area contributed by atoms with E-state index < -0.39 is 8.25 Å². The van der Waals surface area contributed by atoms with E-state index in [1.54, 1.807) is 12.1 Å². The Kier molecular flexibility index (Phi) is 4.40. The van der Waals surface area contributed by atoms with Crippen molar-refractivity contribution in [2.24, 2.45) is 0 Å². The fourth-order valence-corrected chi connectivity index (χ4v) is 1.02. The van der Waals surface area contributed by atoms with Gasteiger partial charge >= 0.3 is 8.25 Å². The van der Waals surface area contributed by atoms with Gasteiger partial charge in [0.05, 0.1) is 0 Å². The van der Waals surface area contributed by atoms with Crippen molar-refractivity contribution >= 4 is 8.25 Å². The standard InChI is InChI=1S/C8H9O4P/c9-13(10)12-7-6-11-8-4-2-1-3-5-8/h1-5H,6-7H2/p+1. The van der Waals surface area contributed by atoms with Crippen LogP contribution in [0, 0.1) is 0 Å². The van der Waals surface area contributed by atoms with E-state index in [1.807, 2.05) is 18.2 Å². The van der Waals surface area contributed by atoms with Gasteiger partial charge in [0.15, 0.2) is 0 Å². The van der Waals surface area contributed by atoms with Crippen LogP contribution in [-0.4, -0.2) is 18.1 Å². The Morgan fingerprint density at radius 1 is 1.23 bits per heavy atom. The van der Waals surface area contributed by atoms with Crippen LogP contribution in [0.4, 0.5) is 0 Å². The fourth-order valence-electron chi connectivity index (χ4n) is 0.792. The largest absolute Gasteiger partial charge is 0.694 e. The molecule has 0 aliphatic carbocycles. The summed E-state index contributed by atoms with van der Waals surface area (Å²) in [7, 11) is -2.51. The second-order valence-corrected chi connectivity index (χ2v) is 2.97. The summed E-state index contributed by atoms with van der Waals surface area (Å²) in [4.78, 5) is 8.28. The normalized spacial score (nSPS) is 11.0. The molecule has 1 atom stereocenters. The van der Waals surface area contributed by atoms with E-state index in [0.717, 1.165) is 5.75 Å². The van der Waals surface area contributed by atoms with Gasteiger partial charge in [-0.3, -0.25) is 0 Å². The smallest absolute Gasteiger partial charge is 0.491 e. The van der Waals surface area contributed by atoms with Crippen molar-refractivity contribution in [3.8, 4) is 5.75 Å². The maximum absolute atomic E-state index is 10.1. The van der Waals surface area contributed by atoms with Crippen molar-refractivity contribution < 1.29 is 18.7 Å². The molecule has 0 radical (unpaired) electrons. The molecule has 13 heavy (non-hydrogen) atoms. The van der Waals surface area contributed by atoms with Crippen molar-refractivity contribution in [1.29, 1.82) is 0 Å². The van der Waals surface area contributed by atoms with Crippen LogP contribution in [0.3, 0.4) is 0 Å². The van der Waals surface area contributed by atoms with Crippen LogP contribution in [0.2, 0.25) is 0 Å². The fraction of sp³-hybridized carbons (Fsp3) is 0.250. The van der Waals surface area contributed by atoms with E-state index in [9.17, 15) is 4.57 Å². The van der Waals surface area contributed by atoms with Crippen LogP contribution in [-0.2, 0) is 9.09 Å². The van der Waals surface area contributed by atoms with Gasteiger partial charge in [0.2, 0.25) is 0 Å². The van der Waals surface area contributed by atoms with E-state index >= 15 is 0 Å². The molecule has 4 nitrogen and oxygen atoms in total. The van der Waals surface area contributed by atoms with Gasteiger partial charge in [-0.05, 0) is 12.1 Å². The van der Waals surface area contributed by atoms with E-state index in [0.29, 0.717) is 0 Å². The van der Waals surface area contributed by atoms with Crippen LogP contribution in [0.5, 0.6) is 5.75 Å². The molecule has 0 saturated heterocycles. The molecule has 0 spiro atoms. The summed E-state index contributed by atoms with van der Waals surface area (Å²) in [6, 6.07) is 9.19. The molecule has 1 aromatic rings. The molecule has 1 N–H and O–H groups in total. The van der Waals surface area contributed by atoms with Gasteiger partial charge in [0.25, 0.3) is 0 Å². The van der Waals surface area contributed by atoms with Crippen molar-refractivity contribution in [1.82, 2.24) is 0 Å². The molecule has 0 saturated carbocycles. The molecule has 1 rings (SSSR count). The van der Waals surface area contributed by atoms with Crippen LogP contribution in [0.25, 0.3) is 0 Å². The first-order chi connectivity index (χ1) is 6.29. The molecule has 1 aromatic carbocycles. The molecule has 70 valence electrons. The van der Waals surface area contributed by atoms with Crippen LogP contribution in [0.1, 0.15) is 0 Å². The third-order valence-corrected chi connectivity index (χ3v) is 1.70. The average Bonchev–Trinajstić information content (AvgIpc) is 2.14. The monoisotopic (exact) mass is 201 g/mol. The highest BCUT2D eigenvalue weighted by Crippen LogP contribution is 2.14. The molecule has 0 heterocycles. The van der Waals surface area contributed by atoms with E-state index in [2.05, 4.69) is 4.52 Å². The number of benzene rings is 1. The molecule has 0 bridgehead atoms. The maximum atomic E-state index is 10.1. The molecule has 0 aromatic heterocycles. The Hall–Kier alpha value is -0.960. The minimum Gasteiger partial charge on any atom is -0.491 e. The summed E-state index contributed by atoms with van der Waals surface area (Å²) in [5, 5.41) is 0. The van der Waals surface area contributed by atoms with Crippen LogP contribution >= 0.6 is 8.25 Å². The maximum Gasteiger partial charge on any atom is 0.694 e. The zero-order chi connectivity index (χ0) is 9.52. The van der Waals surface area contributed by atoms with E-state index in [-0.39, 0.29) is 13.2 Å². The molecule has 1 unspecified atom stereocenters. The summed E-state index contributed by atoms with van der Waals surface area (Å²) in [5.41, 5.74) is 0. The van der Waals surface area contributed by atoms with Crippen molar-refractivity contribution in [3.05, 3.63) is 30.3 Å². The Balaban J connectivity index is 2.17. The second kappa shape index (κ2) is 5.65. The lowest BCUT2D eigenvalue weighted by Crippen LogP contribution is -2.03. The number of hydrogen-bond acceptors (Lipinski definition) is 3. The van der Waals surface area contributed by atoms with E-state index in [1.165, 1.54) is 0 Å². The number of ether oxygens (including phenoxy) is 1. The highest BCUT2D eigenvalue weighted by Gasteiger charge is 2.10. The number of hydrogen-bond donors (Lipinski definition) is 1. The van der Waals surface area contributed by atoms with E-state index in [4.69, 9.17) is 9.63 Å². The Bertz CT molecular complexity index is 262. The first-order valence-electron chi connectivity index (χ1n) is 3.76. The van der Waals surface area contributed by atoms with Gasteiger partial charge in [-0.2, -0.15) is 0 Å². The average molecular weight is 201 g/mol. The summed E-state index contributed by atoms with van der Waals surface area (Å²) < 4.78 is 19.7. The predicted molar refractivity (Wildman–Crippen MR) is 47.7 cm³/mol. The molecular formula is C8H10O4P+. The lowest BCUT2D eigenvalue weighted by atomic mass is 10.3. The third-order valence-electron chi connectivity index (χ3n) is 1.30. The molecular weight excluding hydrogens is 191 g/mol. The minimum absolute atomic E-state index is 0.112. The number of rotatable bonds is 5. The van der Waals surface area contributed by atoms with Crippen molar-refractivity contribution in [2.75, 3.05) is 13.2 Å². The highest BCUT2D eigenvalue weighted by atomic mass is 31.1. The quantitative estimate of drug-likeness (QED) is 0.582. The summed E-state index contributed by atoms with van der Waals surface area (Å²) in [5.74, 6) is 0.722. The Morgan fingerprint density at radius 3 is 2.54 bits per heavy atom. The Labute approximate surface area is 77.1 Å². The zero-order valence-corrected chi connectivity index (χ0v) is 7.81. The molecule has 5 heteroatoms. The molecule has 0 amide bonds.